The van der Waals surface area contributed by atoms with Gasteiger partial charge >= 0.3 is 0 Å². The summed E-state index contributed by atoms with van der Waals surface area (Å²) in [4.78, 5) is 12.0. The Labute approximate surface area is 125 Å². The van der Waals surface area contributed by atoms with E-state index in [4.69, 9.17) is 4.74 Å². The van der Waals surface area contributed by atoms with Gasteiger partial charge in [0.15, 0.2) is 0 Å². The van der Waals surface area contributed by atoms with Gasteiger partial charge in [0, 0.05) is 11.0 Å². The Bertz CT molecular complexity index is 461. The molecule has 2 rings (SSSR count). The van der Waals surface area contributed by atoms with E-state index in [1.807, 2.05) is 6.92 Å². The lowest BCUT2D eigenvalue weighted by Gasteiger charge is -2.29. The minimum absolute atomic E-state index is 0. The van der Waals surface area contributed by atoms with Gasteiger partial charge in [0.25, 0.3) is 0 Å². The molecule has 4 nitrogen and oxygen atoms in total. The van der Waals surface area contributed by atoms with Crippen LogP contribution in [0.25, 0.3) is 0 Å². The lowest BCUT2D eigenvalue weighted by atomic mass is 10.1. The molecule has 1 aromatic carbocycles. The van der Waals surface area contributed by atoms with Crippen molar-refractivity contribution in [3.63, 3.8) is 0 Å². The van der Waals surface area contributed by atoms with Crippen molar-refractivity contribution in [2.75, 3.05) is 18.5 Å². The van der Waals surface area contributed by atoms with Gasteiger partial charge in [-0.3, -0.25) is 4.79 Å². The summed E-state index contributed by atoms with van der Waals surface area (Å²) in [7, 11) is 0. The van der Waals surface area contributed by atoms with Crippen LogP contribution in [0.5, 0.6) is 0 Å². The number of carbonyl (C=O) groups is 1. The minimum Gasteiger partial charge on any atom is -0.375 e. The van der Waals surface area contributed by atoms with Gasteiger partial charge < -0.3 is 15.4 Å². The van der Waals surface area contributed by atoms with Crippen LogP contribution in [-0.2, 0) is 9.53 Å². The van der Waals surface area contributed by atoms with E-state index in [1.54, 1.807) is 6.07 Å². The molecule has 0 aromatic heterocycles. The molecule has 0 radical (unpaired) electrons. The molecule has 1 amide bonds. The molecule has 0 bridgehead atoms. The Morgan fingerprint density at radius 2 is 2.32 bits per heavy atom. The van der Waals surface area contributed by atoms with Crippen LogP contribution in [0.1, 0.15) is 6.92 Å². The average Bonchev–Trinajstić information content (AvgIpc) is 2.34. The largest absolute Gasteiger partial charge is 0.375 e. The molecule has 1 heterocycles. The molecular weight excluding hydrogens is 338 g/mol. The van der Waals surface area contributed by atoms with Crippen molar-refractivity contribution in [1.82, 2.24) is 5.32 Å². The zero-order chi connectivity index (χ0) is 13.1. The van der Waals surface area contributed by atoms with Crippen LogP contribution < -0.4 is 10.6 Å². The number of benzene rings is 1. The van der Waals surface area contributed by atoms with Crippen LogP contribution in [-0.4, -0.2) is 31.2 Å². The number of carbonyl (C=O) groups excluding carboxylic acids is 1. The predicted molar refractivity (Wildman–Crippen MR) is 77.2 cm³/mol. The highest BCUT2D eigenvalue weighted by Crippen LogP contribution is 2.20. The number of morpholine rings is 1. The van der Waals surface area contributed by atoms with Crippen molar-refractivity contribution in [3.8, 4) is 0 Å². The highest BCUT2D eigenvalue weighted by Gasteiger charge is 2.28. The lowest BCUT2D eigenvalue weighted by molar-refractivity contribution is -0.123. The minimum atomic E-state index is -0.462. The van der Waals surface area contributed by atoms with Crippen LogP contribution in [0.2, 0.25) is 0 Å². The van der Waals surface area contributed by atoms with Crippen molar-refractivity contribution < 1.29 is 13.9 Å². The molecule has 1 aromatic rings. The fourth-order valence-electron chi connectivity index (χ4n) is 1.83. The van der Waals surface area contributed by atoms with Crippen molar-refractivity contribution >= 4 is 39.9 Å². The Balaban J connectivity index is 0.00000180. The number of ether oxygens (including phenoxy) is 1. The molecule has 0 spiro atoms. The zero-order valence-electron chi connectivity index (χ0n) is 10.3. The van der Waals surface area contributed by atoms with Crippen molar-refractivity contribution in [3.05, 3.63) is 28.5 Å². The number of halogens is 3. The predicted octanol–water partition coefficient (Wildman–Crippen LogP) is 2.33. The fourth-order valence-corrected chi connectivity index (χ4v) is 2.19. The summed E-state index contributed by atoms with van der Waals surface area (Å²) >= 11 is 3.24. The van der Waals surface area contributed by atoms with Crippen molar-refractivity contribution in [2.45, 2.75) is 19.1 Å². The Morgan fingerprint density at radius 3 is 3.00 bits per heavy atom. The van der Waals surface area contributed by atoms with E-state index in [2.05, 4.69) is 26.6 Å². The molecule has 1 aliphatic rings. The van der Waals surface area contributed by atoms with E-state index in [-0.39, 0.29) is 30.1 Å². The summed E-state index contributed by atoms with van der Waals surface area (Å²) in [5.74, 6) is -0.755. The molecule has 1 aliphatic heterocycles. The normalized spacial score (nSPS) is 22.5. The highest BCUT2D eigenvalue weighted by atomic mass is 79.9. The summed E-state index contributed by atoms with van der Waals surface area (Å²) in [6, 6.07) is 3.95. The molecule has 19 heavy (non-hydrogen) atoms. The Morgan fingerprint density at radius 1 is 1.58 bits per heavy atom. The maximum atomic E-state index is 13.5. The molecule has 0 aliphatic carbocycles. The summed E-state index contributed by atoms with van der Waals surface area (Å²) in [5.41, 5.74) is 0.161. The number of anilines is 1. The first-order valence-electron chi connectivity index (χ1n) is 5.69. The molecule has 1 saturated heterocycles. The van der Waals surface area contributed by atoms with Crippen LogP contribution in [0.4, 0.5) is 10.1 Å². The lowest BCUT2D eigenvalue weighted by Crippen LogP contribution is -2.53. The van der Waals surface area contributed by atoms with Gasteiger partial charge in [-0.25, -0.2) is 4.39 Å². The quantitative estimate of drug-likeness (QED) is 0.858. The molecule has 106 valence electrons. The molecule has 2 N–H and O–H groups in total. The van der Waals surface area contributed by atoms with Gasteiger partial charge in [-0.2, -0.15) is 0 Å². The van der Waals surface area contributed by atoms with Crippen LogP contribution >= 0.6 is 28.3 Å². The molecular formula is C12H15BrClFN2O2. The second-order valence-corrected chi connectivity index (χ2v) is 5.04. The first-order chi connectivity index (χ1) is 8.58. The van der Waals surface area contributed by atoms with Gasteiger partial charge in [-0.05, 0) is 25.1 Å². The van der Waals surface area contributed by atoms with E-state index in [9.17, 15) is 9.18 Å². The number of nitrogens with one attached hydrogen (secondary N) is 2. The number of rotatable bonds is 2. The zero-order valence-corrected chi connectivity index (χ0v) is 12.7. The SMILES string of the molecule is C[C@H]1OCCN[C@@H]1C(=O)Nc1cc(Br)ccc1F.Cl. The summed E-state index contributed by atoms with van der Waals surface area (Å²) in [6.07, 6.45) is -0.228. The molecule has 7 heteroatoms. The second-order valence-electron chi connectivity index (χ2n) is 4.12. The van der Waals surface area contributed by atoms with Crippen LogP contribution in [0.15, 0.2) is 22.7 Å². The average molecular weight is 354 g/mol. The third-order valence-corrected chi connectivity index (χ3v) is 3.28. The van der Waals surface area contributed by atoms with Gasteiger partial charge in [0.05, 0.1) is 18.4 Å². The van der Waals surface area contributed by atoms with E-state index in [0.29, 0.717) is 17.6 Å². The molecule has 0 unspecified atom stereocenters. The Kier molecular flexibility index (Phi) is 6.19. The summed E-state index contributed by atoms with van der Waals surface area (Å²) in [6.45, 7) is 3.01. The summed E-state index contributed by atoms with van der Waals surface area (Å²) in [5, 5.41) is 5.62. The third-order valence-electron chi connectivity index (χ3n) is 2.79. The number of amides is 1. The number of hydrogen-bond donors (Lipinski definition) is 2. The second kappa shape index (κ2) is 7.19. The molecule has 1 fully saturated rings. The van der Waals surface area contributed by atoms with Gasteiger partial charge in [0.1, 0.15) is 11.9 Å². The highest BCUT2D eigenvalue weighted by molar-refractivity contribution is 9.10. The van der Waals surface area contributed by atoms with Crippen molar-refractivity contribution in [1.29, 1.82) is 0 Å². The van der Waals surface area contributed by atoms with E-state index in [0.717, 1.165) is 0 Å². The summed E-state index contributed by atoms with van der Waals surface area (Å²) < 4.78 is 19.6. The fraction of sp³-hybridized carbons (Fsp3) is 0.417. The smallest absolute Gasteiger partial charge is 0.244 e. The maximum absolute atomic E-state index is 13.5. The third kappa shape index (κ3) is 4.14. The molecule has 2 atom stereocenters. The monoisotopic (exact) mass is 352 g/mol. The van der Waals surface area contributed by atoms with Gasteiger partial charge in [-0.1, -0.05) is 15.9 Å². The first kappa shape index (κ1) is 16.4. The van der Waals surface area contributed by atoms with E-state index >= 15 is 0 Å². The Hall–Kier alpha value is -0.690. The topological polar surface area (TPSA) is 50.4 Å². The first-order valence-corrected chi connectivity index (χ1v) is 6.48. The van der Waals surface area contributed by atoms with Crippen LogP contribution in [0.3, 0.4) is 0 Å². The van der Waals surface area contributed by atoms with Crippen molar-refractivity contribution in [2.24, 2.45) is 0 Å². The maximum Gasteiger partial charge on any atom is 0.244 e. The van der Waals surface area contributed by atoms with Crippen LogP contribution in [0, 0.1) is 5.82 Å². The van der Waals surface area contributed by atoms with E-state index < -0.39 is 11.9 Å². The standard InChI is InChI=1S/C12H14BrFN2O2.ClH/c1-7-11(15-4-5-18-7)12(17)16-10-6-8(13)2-3-9(10)14;/h2-3,6-7,11,15H,4-5H2,1H3,(H,16,17);1H/t7-,11+;/m1./s1. The van der Waals surface area contributed by atoms with E-state index in [1.165, 1.54) is 12.1 Å². The molecule has 0 saturated carbocycles. The van der Waals surface area contributed by atoms with Gasteiger partial charge in [-0.15, -0.1) is 12.4 Å². The number of hydrogen-bond acceptors (Lipinski definition) is 3. The van der Waals surface area contributed by atoms with Gasteiger partial charge in [0.2, 0.25) is 5.91 Å².